The molecule has 0 saturated carbocycles. The number of nitrogens with zero attached hydrogens (tertiary/aromatic N) is 2. The molecule has 0 spiro atoms. The van der Waals surface area contributed by atoms with Crippen LogP contribution in [-0.4, -0.2) is 46.5 Å². The Bertz CT molecular complexity index is 963. The summed E-state index contributed by atoms with van der Waals surface area (Å²) in [5.74, 6) is -0.233. The predicted molar refractivity (Wildman–Crippen MR) is 124 cm³/mol. The van der Waals surface area contributed by atoms with Crippen LogP contribution in [0.15, 0.2) is 40.0 Å². The van der Waals surface area contributed by atoms with E-state index < -0.39 is 0 Å². The number of aryl methyl sites for hydroxylation is 1. The first-order valence-electron chi connectivity index (χ1n) is 10.9. The molecule has 7 heteroatoms. The number of thioether (sulfide) groups is 1. The molecule has 3 rings (SSSR count). The van der Waals surface area contributed by atoms with Crippen molar-refractivity contribution in [2.75, 3.05) is 26.0 Å². The van der Waals surface area contributed by atoms with Crippen LogP contribution in [0, 0.1) is 12.8 Å². The van der Waals surface area contributed by atoms with E-state index in [1.165, 1.54) is 0 Å². The fraction of sp³-hybridized carbons (Fsp3) is 0.500. The van der Waals surface area contributed by atoms with Crippen LogP contribution < -0.4 is 5.56 Å². The Labute approximate surface area is 188 Å². The zero-order valence-electron chi connectivity index (χ0n) is 18.8. The minimum atomic E-state index is -0.370. The fourth-order valence-electron chi connectivity index (χ4n) is 4.42. The van der Waals surface area contributed by atoms with E-state index in [0.717, 1.165) is 16.2 Å². The number of piperidine rings is 1. The second-order valence-electron chi connectivity index (χ2n) is 7.87. The molecule has 0 aliphatic carbocycles. The molecule has 1 aromatic heterocycles. The van der Waals surface area contributed by atoms with Crippen LogP contribution in [0.1, 0.15) is 49.6 Å². The third kappa shape index (κ3) is 4.99. The van der Waals surface area contributed by atoms with Crippen LogP contribution in [0.4, 0.5) is 0 Å². The normalized spacial score (nSPS) is 16.3. The second kappa shape index (κ2) is 10.4. The lowest BCUT2D eigenvalue weighted by Crippen LogP contribution is -2.42. The number of benzene rings is 1. The van der Waals surface area contributed by atoms with Crippen molar-refractivity contribution in [1.29, 1.82) is 0 Å². The van der Waals surface area contributed by atoms with Crippen molar-refractivity contribution in [3.8, 4) is 5.75 Å². The molecule has 1 aliphatic rings. The van der Waals surface area contributed by atoms with Gasteiger partial charge < -0.3 is 14.4 Å². The van der Waals surface area contributed by atoms with E-state index in [4.69, 9.17) is 4.74 Å². The van der Waals surface area contributed by atoms with Gasteiger partial charge in [-0.2, -0.15) is 0 Å². The summed E-state index contributed by atoms with van der Waals surface area (Å²) in [5, 5.41) is 10.8. The van der Waals surface area contributed by atoms with Crippen LogP contribution in [0.3, 0.4) is 0 Å². The standard InChI is InChI=1S/C24H32N2O4S/c1-5-26-16(3)15-20(27)21(23(26)28)22(17-7-9-19(31-4)10-8-17)25-13-11-18(12-14-25)24(29)30-6-2/h7-10,15,18,22,27H,5-6,11-14H2,1-4H3/t22-/m0/s1. The molecule has 1 atom stereocenters. The van der Waals surface area contributed by atoms with E-state index in [1.54, 1.807) is 22.4 Å². The Morgan fingerprint density at radius 2 is 1.87 bits per heavy atom. The van der Waals surface area contributed by atoms with Crippen molar-refractivity contribution >= 4 is 17.7 Å². The van der Waals surface area contributed by atoms with Crippen LogP contribution in [0.2, 0.25) is 0 Å². The third-order valence-corrected chi connectivity index (χ3v) is 6.80. The average Bonchev–Trinajstić information content (AvgIpc) is 2.77. The van der Waals surface area contributed by atoms with Crippen LogP contribution in [0.25, 0.3) is 0 Å². The van der Waals surface area contributed by atoms with Crippen LogP contribution >= 0.6 is 11.8 Å². The van der Waals surface area contributed by atoms with E-state index in [-0.39, 0.29) is 29.2 Å². The SMILES string of the molecule is CCOC(=O)C1CCN([C@@H](c2ccc(SC)cc2)c2c(O)cc(C)n(CC)c2=O)CC1. The Balaban J connectivity index is 2.02. The summed E-state index contributed by atoms with van der Waals surface area (Å²) < 4.78 is 6.90. The largest absolute Gasteiger partial charge is 0.507 e. The summed E-state index contributed by atoms with van der Waals surface area (Å²) in [5.41, 5.74) is 1.95. The number of carbonyl (C=O) groups is 1. The van der Waals surface area contributed by atoms with E-state index in [1.807, 2.05) is 51.3 Å². The highest BCUT2D eigenvalue weighted by Gasteiger charge is 2.34. The Morgan fingerprint density at radius 3 is 2.42 bits per heavy atom. The Morgan fingerprint density at radius 1 is 1.23 bits per heavy atom. The second-order valence-corrected chi connectivity index (χ2v) is 8.75. The molecule has 0 radical (unpaired) electrons. The lowest BCUT2D eigenvalue weighted by Gasteiger charge is -2.37. The molecule has 1 aromatic carbocycles. The van der Waals surface area contributed by atoms with Crippen LogP contribution in [0.5, 0.6) is 5.75 Å². The highest BCUT2D eigenvalue weighted by atomic mass is 32.2. The summed E-state index contributed by atoms with van der Waals surface area (Å²) in [6.45, 7) is 7.82. The zero-order chi connectivity index (χ0) is 22.5. The number of carbonyl (C=O) groups excluding carboxylic acids is 1. The number of pyridine rings is 1. The van der Waals surface area contributed by atoms with Gasteiger partial charge in [0.2, 0.25) is 0 Å². The van der Waals surface area contributed by atoms with Gasteiger partial charge in [0, 0.05) is 17.1 Å². The molecule has 0 unspecified atom stereocenters. The minimum Gasteiger partial charge on any atom is -0.507 e. The number of aromatic nitrogens is 1. The first-order valence-corrected chi connectivity index (χ1v) is 12.1. The first kappa shape index (κ1) is 23.4. The molecule has 168 valence electrons. The molecule has 1 saturated heterocycles. The van der Waals surface area contributed by atoms with E-state index in [0.29, 0.717) is 44.6 Å². The average molecular weight is 445 g/mol. The molecular weight excluding hydrogens is 412 g/mol. The monoisotopic (exact) mass is 444 g/mol. The van der Waals surface area contributed by atoms with Crippen molar-refractivity contribution in [1.82, 2.24) is 9.47 Å². The van der Waals surface area contributed by atoms with E-state index in [9.17, 15) is 14.7 Å². The molecule has 2 aromatic rings. The van der Waals surface area contributed by atoms with Gasteiger partial charge in [-0.3, -0.25) is 14.5 Å². The number of likely N-dealkylation sites (tertiary alicyclic amines) is 1. The minimum absolute atomic E-state index is 0.0265. The topological polar surface area (TPSA) is 71.8 Å². The third-order valence-electron chi connectivity index (χ3n) is 6.06. The fourth-order valence-corrected chi connectivity index (χ4v) is 4.83. The van der Waals surface area contributed by atoms with Gasteiger partial charge >= 0.3 is 5.97 Å². The Hall–Kier alpha value is -2.25. The van der Waals surface area contributed by atoms with Crippen molar-refractivity contribution < 1.29 is 14.6 Å². The van der Waals surface area contributed by atoms with E-state index >= 15 is 0 Å². The van der Waals surface area contributed by atoms with Crippen molar-refractivity contribution in [3.05, 3.63) is 57.5 Å². The van der Waals surface area contributed by atoms with Gasteiger partial charge in [-0.25, -0.2) is 0 Å². The highest BCUT2D eigenvalue weighted by molar-refractivity contribution is 7.98. The molecule has 1 N–H and O–H groups in total. The molecule has 31 heavy (non-hydrogen) atoms. The van der Waals surface area contributed by atoms with Gasteiger partial charge in [0.1, 0.15) is 5.75 Å². The van der Waals surface area contributed by atoms with Gasteiger partial charge in [0.25, 0.3) is 5.56 Å². The molecule has 0 bridgehead atoms. The molecule has 6 nitrogen and oxygen atoms in total. The zero-order valence-corrected chi connectivity index (χ0v) is 19.6. The van der Waals surface area contributed by atoms with Crippen molar-refractivity contribution in [3.63, 3.8) is 0 Å². The lowest BCUT2D eigenvalue weighted by molar-refractivity contribution is -0.149. The summed E-state index contributed by atoms with van der Waals surface area (Å²) in [4.78, 5) is 28.9. The number of ether oxygens (including phenoxy) is 1. The number of hydrogen-bond acceptors (Lipinski definition) is 6. The number of esters is 1. The molecular formula is C24H32N2O4S. The highest BCUT2D eigenvalue weighted by Crippen LogP contribution is 2.36. The molecule has 2 heterocycles. The maximum Gasteiger partial charge on any atom is 0.309 e. The number of hydrogen-bond donors (Lipinski definition) is 1. The lowest BCUT2D eigenvalue weighted by atomic mass is 9.91. The first-order chi connectivity index (χ1) is 14.9. The van der Waals surface area contributed by atoms with Crippen molar-refractivity contribution in [2.45, 2.75) is 51.1 Å². The predicted octanol–water partition coefficient (Wildman–Crippen LogP) is 3.97. The van der Waals surface area contributed by atoms with Gasteiger partial charge in [0.15, 0.2) is 0 Å². The number of aromatic hydroxyl groups is 1. The smallest absolute Gasteiger partial charge is 0.309 e. The van der Waals surface area contributed by atoms with E-state index in [2.05, 4.69) is 4.90 Å². The van der Waals surface area contributed by atoms with Gasteiger partial charge in [-0.05, 0) is 76.7 Å². The molecule has 0 amide bonds. The van der Waals surface area contributed by atoms with Crippen LogP contribution in [-0.2, 0) is 16.1 Å². The molecule has 1 fully saturated rings. The maximum absolute atomic E-state index is 13.4. The van der Waals surface area contributed by atoms with Gasteiger partial charge in [-0.15, -0.1) is 11.8 Å². The quantitative estimate of drug-likeness (QED) is 0.515. The maximum atomic E-state index is 13.4. The molecule has 1 aliphatic heterocycles. The van der Waals surface area contributed by atoms with Crippen molar-refractivity contribution in [2.24, 2.45) is 5.92 Å². The summed E-state index contributed by atoms with van der Waals surface area (Å²) in [7, 11) is 0. The number of rotatable bonds is 7. The summed E-state index contributed by atoms with van der Waals surface area (Å²) in [6.07, 6.45) is 3.37. The van der Waals surface area contributed by atoms with Gasteiger partial charge in [-0.1, -0.05) is 12.1 Å². The summed E-state index contributed by atoms with van der Waals surface area (Å²) >= 11 is 1.66. The summed E-state index contributed by atoms with van der Waals surface area (Å²) in [6, 6.07) is 9.45. The van der Waals surface area contributed by atoms with Gasteiger partial charge in [0.05, 0.1) is 24.1 Å². The Kier molecular flexibility index (Phi) is 7.84.